The summed E-state index contributed by atoms with van der Waals surface area (Å²) in [7, 11) is 3.37. The van der Waals surface area contributed by atoms with Crippen molar-refractivity contribution in [3.05, 3.63) is 59.7 Å². The summed E-state index contributed by atoms with van der Waals surface area (Å²) >= 11 is 0. The van der Waals surface area contributed by atoms with Crippen molar-refractivity contribution in [2.75, 3.05) is 40.4 Å². The van der Waals surface area contributed by atoms with Gasteiger partial charge in [-0.25, -0.2) is 0 Å². The summed E-state index contributed by atoms with van der Waals surface area (Å²) in [6.07, 6.45) is 0.663. The van der Waals surface area contributed by atoms with Gasteiger partial charge in [0, 0.05) is 37.6 Å². The number of hydrogen-bond donors (Lipinski definition) is 0. The Hall–Kier alpha value is -2.53. The van der Waals surface area contributed by atoms with Crippen LogP contribution in [-0.2, 0) is 11.2 Å². The first-order valence-corrected chi connectivity index (χ1v) is 10.6. The summed E-state index contributed by atoms with van der Waals surface area (Å²) in [5, 5.41) is 0. The topological polar surface area (TPSA) is 42.0 Å². The molecule has 1 fully saturated rings. The molecule has 1 heterocycles. The fourth-order valence-electron chi connectivity index (χ4n) is 4.25. The molecular weight excluding hydrogens is 376 g/mol. The highest BCUT2D eigenvalue weighted by Crippen LogP contribution is 2.31. The lowest BCUT2D eigenvalue weighted by atomic mass is 9.83. The first-order valence-electron chi connectivity index (χ1n) is 10.6. The quantitative estimate of drug-likeness (QED) is 0.687. The lowest BCUT2D eigenvalue weighted by Gasteiger charge is -2.41. The third-order valence-electron chi connectivity index (χ3n) is 6.13. The molecule has 0 aliphatic carbocycles. The maximum absolute atomic E-state index is 13.3. The van der Waals surface area contributed by atoms with E-state index in [2.05, 4.69) is 24.0 Å². The van der Waals surface area contributed by atoms with Crippen LogP contribution in [0.4, 0.5) is 0 Å². The normalized spacial score (nSPS) is 16.2. The monoisotopic (exact) mass is 410 g/mol. The van der Waals surface area contributed by atoms with Crippen LogP contribution < -0.4 is 9.47 Å². The van der Waals surface area contributed by atoms with Crippen LogP contribution in [0.15, 0.2) is 48.5 Å². The van der Waals surface area contributed by atoms with E-state index in [0.717, 1.165) is 43.2 Å². The second-order valence-corrected chi connectivity index (χ2v) is 8.65. The van der Waals surface area contributed by atoms with Gasteiger partial charge in [-0.1, -0.05) is 44.2 Å². The predicted octanol–water partition coefficient (Wildman–Crippen LogP) is 4.18. The minimum atomic E-state index is -0.477. The number of carbonyl (C=O) groups excluding carboxylic acids is 1. The number of ether oxygens (including phenoxy) is 2. The molecule has 1 aliphatic rings. The van der Waals surface area contributed by atoms with Crippen LogP contribution in [-0.4, -0.2) is 56.1 Å². The number of amides is 1. The molecule has 2 aromatic carbocycles. The average molecular weight is 411 g/mol. The van der Waals surface area contributed by atoms with Crippen molar-refractivity contribution in [2.45, 2.75) is 33.2 Å². The summed E-state index contributed by atoms with van der Waals surface area (Å²) in [6, 6.07) is 16.5. The molecule has 0 spiro atoms. The fraction of sp³-hybridized carbons (Fsp3) is 0.480. The summed E-state index contributed by atoms with van der Waals surface area (Å²) < 4.78 is 10.8. The van der Waals surface area contributed by atoms with E-state index < -0.39 is 5.41 Å². The van der Waals surface area contributed by atoms with Crippen molar-refractivity contribution >= 4 is 5.91 Å². The van der Waals surface area contributed by atoms with Gasteiger partial charge in [0.1, 0.15) is 11.5 Å². The Bertz CT molecular complexity index is 857. The van der Waals surface area contributed by atoms with E-state index in [1.165, 1.54) is 5.56 Å². The van der Waals surface area contributed by atoms with Gasteiger partial charge in [0.2, 0.25) is 5.91 Å². The molecule has 5 heteroatoms. The van der Waals surface area contributed by atoms with Crippen molar-refractivity contribution in [2.24, 2.45) is 5.41 Å². The first kappa shape index (κ1) is 22.2. The Balaban J connectivity index is 1.61. The van der Waals surface area contributed by atoms with E-state index in [1.807, 2.05) is 55.1 Å². The molecule has 0 N–H and O–H groups in total. The molecule has 0 radical (unpaired) electrons. The molecule has 30 heavy (non-hydrogen) atoms. The minimum absolute atomic E-state index is 0.210. The van der Waals surface area contributed by atoms with Crippen molar-refractivity contribution in [1.29, 1.82) is 0 Å². The molecular formula is C25H34N2O3. The van der Waals surface area contributed by atoms with Gasteiger partial charge in [-0.05, 0) is 42.7 Å². The van der Waals surface area contributed by atoms with Crippen molar-refractivity contribution in [3.8, 4) is 11.5 Å². The van der Waals surface area contributed by atoms with Crippen LogP contribution in [0.2, 0.25) is 0 Å². The highest BCUT2D eigenvalue weighted by atomic mass is 16.5. The van der Waals surface area contributed by atoms with Gasteiger partial charge >= 0.3 is 0 Å². The number of rotatable bonds is 7. The van der Waals surface area contributed by atoms with E-state index >= 15 is 0 Å². The molecule has 0 saturated carbocycles. The maximum atomic E-state index is 13.3. The van der Waals surface area contributed by atoms with Crippen LogP contribution in [0.25, 0.3) is 0 Å². The van der Waals surface area contributed by atoms with E-state index in [4.69, 9.17) is 9.47 Å². The van der Waals surface area contributed by atoms with E-state index in [9.17, 15) is 4.79 Å². The Morgan fingerprint density at radius 1 is 1.00 bits per heavy atom. The fourth-order valence-corrected chi connectivity index (χ4v) is 4.25. The highest BCUT2D eigenvalue weighted by Gasteiger charge is 2.35. The molecule has 1 atom stereocenters. The zero-order chi connectivity index (χ0) is 21.7. The maximum Gasteiger partial charge on any atom is 0.228 e. The number of nitrogens with zero attached hydrogens (tertiary/aromatic N) is 2. The van der Waals surface area contributed by atoms with Gasteiger partial charge in [0.15, 0.2) is 0 Å². The van der Waals surface area contributed by atoms with Crippen LogP contribution in [0.5, 0.6) is 11.5 Å². The minimum Gasteiger partial charge on any atom is -0.497 e. The van der Waals surface area contributed by atoms with Crippen molar-refractivity contribution in [3.63, 3.8) is 0 Å². The van der Waals surface area contributed by atoms with Gasteiger partial charge in [-0.15, -0.1) is 0 Å². The Labute approximate surface area is 180 Å². The van der Waals surface area contributed by atoms with Gasteiger partial charge in [-0.3, -0.25) is 9.69 Å². The lowest BCUT2D eigenvalue weighted by molar-refractivity contribution is -0.142. The molecule has 0 aromatic heterocycles. The van der Waals surface area contributed by atoms with Crippen LogP contribution in [0.3, 0.4) is 0 Å². The van der Waals surface area contributed by atoms with E-state index in [-0.39, 0.29) is 5.91 Å². The van der Waals surface area contributed by atoms with Crippen LogP contribution in [0.1, 0.15) is 37.9 Å². The predicted molar refractivity (Wildman–Crippen MR) is 120 cm³/mol. The van der Waals surface area contributed by atoms with Gasteiger partial charge in [-0.2, -0.15) is 0 Å². The molecule has 1 aliphatic heterocycles. The average Bonchev–Trinajstić information content (AvgIpc) is 2.78. The number of hydrogen-bond acceptors (Lipinski definition) is 4. The lowest BCUT2D eigenvalue weighted by Crippen LogP contribution is -2.52. The smallest absolute Gasteiger partial charge is 0.228 e. The standard InChI is InChI=1S/C25H34N2O3/c1-19(20-10-8-11-22(17-20)29-4)26-13-15-27(16-14-26)24(28)25(2,3)18-21-9-6-7-12-23(21)30-5/h6-12,17,19H,13-16,18H2,1-5H3. The number of carbonyl (C=O) groups is 1. The van der Waals surface area contributed by atoms with E-state index in [0.29, 0.717) is 12.5 Å². The molecule has 1 saturated heterocycles. The second-order valence-electron chi connectivity index (χ2n) is 8.65. The molecule has 1 amide bonds. The molecule has 2 aromatic rings. The van der Waals surface area contributed by atoms with Crippen LogP contribution >= 0.6 is 0 Å². The third-order valence-corrected chi connectivity index (χ3v) is 6.13. The largest absolute Gasteiger partial charge is 0.497 e. The number of piperazine rings is 1. The molecule has 162 valence electrons. The van der Waals surface area contributed by atoms with Gasteiger partial charge in [0.05, 0.1) is 14.2 Å². The summed E-state index contributed by atoms with van der Waals surface area (Å²) in [4.78, 5) is 17.8. The third kappa shape index (κ3) is 4.96. The zero-order valence-electron chi connectivity index (χ0n) is 18.9. The zero-order valence-corrected chi connectivity index (χ0v) is 18.9. The van der Waals surface area contributed by atoms with Gasteiger partial charge < -0.3 is 14.4 Å². The number of para-hydroxylation sites is 1. The van der Waals surface area contributed by atoms with E-state index in [1.54, 1.807) is 14.2 Å². The summed E-state index contributed by atoms with van der Waals surface area (Å²) in [6.45, 7) is 9.53. The molecule has 0 bridgehead atoms. The summed E-state index contributed by atoms with van der Waals surface area (Å²) in [5.41, 5.74) is 1.84. The van der Waals surface area contributed by atoms with Crippen molar-refractivity contribution < 1.29 is 14.3 Å². The Kier molecular flexibility index (Phi) is 7.03. The van der Waals surface area contributed by atoms with Crippen molar-refractivity contribution in [1.82, 2.24) is 9.80 Å². The Morgan fingerprint density at radius 2 is 1.70 bits per heavy atom. The summed E-state index contributed by atoms with van der Waals surface area (Å²) in [5.74, 6) is 1.93. The Morgan fingerprint density at radius 3 is 2.37 bits per heavy atom. The molecule has 1 unspecified atom stereocenters. The SMILES string of the molecule is COc1cccc(C(C)N2CCN(C(=O)C(C)(C)Cc3ccccc3OC)CC2)c1. The number of methoxy groups -OCH3 is 2. The molecule has 5 nitrogen and oxygen atoms in total. The second kappa shape index (κ2) is 9.52. The van der Waals surface area contributed by atoms with Crippen LogP contribution in [0, 0.1) is 5.41 Å². The number of benzene rings is 2. The van der Waals surface area contributed by atoms with Gasteiger partial charge in [0.25, 0.3) is 0 Å². The first-order chi connectivity index (χ1) is 14.4. The molecule has 3 rings (SSSR count). The highest BCUT2D eigenvalue weighted by molar-refractivity contribution is 5.82.